The lowest BCUT2D eigenvalue weighted by atomic mass is 10.1. The third kappa shape index (κ3) is 8.18. The summed E-state index contributed by atoms with van der Waals surface area (Å²) >= 11 is 5.19. The normalized spacial score (nSPS) is 15.6. The zero-order valence-electron chi connectivity index (χ0n) is 25.8. The average Bonchev–Trinajstić information content (AvgIpc) is 3.93. The number of methoxy groups -OCH3 is 1. The SMILES string of the molecule is CCn1c(SC(COC)C(=O)Nc2ccccc2)nnc1C1C=C(c2ccc(NC(=O)C(F)Sc3n[nH]c(-c4ccsc4)n3)cc2)SC1. The van der Waals surface area contributed by atoms with Gasteiger partial charge in [0.15, 0.2) is 11.0 Å². The molecule has 0 spiro atoms. The second-order valence-electron chi connectivity index (χ2n) is 10.4. The zero-order chi connectivity index (χ0) is 33.5. The van der Waals surface area contributed by atoms with Crippen molar-refractivity contribution in [2.24, 2.45) is 0 Å². The van der Waals surface area contributed by atoms with Gasteiger partial charge in [0.1, 0.15) is 11.1 Å². The van der Waals surface area contributed by atoms with Gasteiger partial charge in [-0.05, 0) is 60.0 Å². The van der Waals surface area contributed by atoms with Gasteiger partial charge in [-0.25, -0.2) is 9.37 Å². The summed E-state index contributed by atoms with van der Waals surface area (Å²) in [6, 6.07) is 18.5. The van der Waals surface area contributed by atoms with E-state index in [9.17, 15) is 14.0 Å². The monoisotopic (exact) mass is 722 g/mol. The van der Waals surface area contributed by atoms with Gasteiger partial charge in [0.2, 0.25) is 16.6 Å². The molecule has 16 heteroatoms. The van der Waals surface area contributed by atoms with E-state index in [4.69, 9.17) is 4.74 Å². The Balaban J connectivity index is 1.07. The van der Waals surface area contributed by atoms with E-state index in [0.717, 1.165) is 33.3 Å². The summed E-state index contributed by atoms with van der Waals surface area (Å²) in [5.74, 6) is 1.19. The van der Waals surface area contributed by atoms with Gasteiger partial charge in [0, 0.05) is 52.5 Å². The molecule has 4 heterocycles. The fourth-order valence-corrected chi connectivity index (χ4v) is 8.29. The van der Waals surface area contributed by atoms with Gasteiger partial charge in [-0.15, -0.1) is 27.1 Å². The van der Waals surface area contributed by atoms with Crippen molar-refractivity contribution in [1.29, 1.82) is 0 Å². The number of nitrogens with zero attached hydrogens (tertiary/aromatic N) is 5. The number of carbonyl (C=O) groups is 2. The summed E-state index contributed by atoms with van der Waals surface area (Å²) in [5, 5.41) is 25.4. The molecule has 2 amide bonds. The summed E-state index contributed by atoms with van der Waals surface area (Å²) in [6.45, 7) is 2.89. The third-order valence-corrected chi connectivity index (χ3v) is 11.0. The number of amides is 2. The van der Waals surface area contributed by atoms with Crippen LogP contribution < -0.4 is 10.6 Å². The van der Waals surface area contributed by atoms with Crippen LogP contribution in [0.5, 0.6) is 0 Å². The Morgan fingerprint density at radius 2 is 1.81 bits per heavy atom. The lowest BCUT2D eigenvalue weighted by Gasteiger charge is -2.16. The predicted molar refractivity (Wildman–Crippen MR) is 191 cm³/mol. The number of thiophene rings is 1. The predicted octanol–water partition coefficient (Wildman–Crippen LogP) is 6.79. The number of halogens is 1. The maximum absolute atomic E-state index is 14.8. The molecular weight excluding hydrogens is 692 g/mol. The molecule has 1 aliphatic rings. The molecule has 0 saturated carbocycles. The van der Waals surface area contributed by atoms with E-state index in [-0.39, 0.29) is 23.6 Å². The maximum atomic E-state index is 14.8. The summed E-state index contributed by atoms with van der Waals surface area (Å²) in [4.78, 5) is 30.9. The Morgan fingerprint density at radius 3 is 2.54 bits per heavy atom. The van der Waals surface area contributed by atoms with E-state index in [1.807, 2.05) is 70.8 Å². The molecule has 5 aromatic rings. The van der Waals surface area contributed by atoms with E-state index >= 15 is 0 Å². The summed E-state index contributed by atoms with van der Waals surface area (Å²) in [5.41, 5.74) is 1.15. The first-order valence-electron chi connectivity index (χ1n) is 14.9. The van der Waals surface area contributed by atoms with Crippen molar-refractivity contribution in [3.05, 3.63) is 88.9 Å². The van der Waals surface area contributed by atoms with Gasteiger partial charge < -0.3 is 19.9 Å². The standard InChI is InChI=1S/C32H31FN8O3S4/c1-3-41-28(38-40-32(41)47-25(16-44-2)29(42)34-22-7-5-4-6-8-22)21-15-24(46-18-21)19-9-11-23(12-10-19)35-30(43)26(33)48-31-36-27(37-39-31)20-13-14-45-17-20/h4-15,17,21,25-26H,3,16,18H2,1-2H3,(H,34,42)(H,35,43)(H,36,37,39). The van der Waals surface area contributed by atoms with Gasteiger partial charge in [-0.1, -0.05) is 48.2 Å². The van der Waals surface area contributed by atoms with Crippen LogP contribution in [0.25, 0.3) is 16.3 Å². The molecule has 48 heavy (non-hydrogen) atoms. The number of aromatic nitrogens is 6. The van der Waals surface area contributed by atoms with Crippen LogP contribution in [0.15, 0.2) is 87.8 Å². The molecule has 3 unspecified atom stereocenters. The number of ether oxygens (including phenoxy) is 1. The maximum Gasteiger partial charge on any atom is 0.269 e. The van der Waals surface area contributed by atoms with Crippen LogP contribution in [0.3, 0.4) is 0 Å². The molecule has 3 N–H and O–H groups in total. The highest BCUT2D eigenvalue weighted by molar-refractivity contribution is 8.08. The van der Waals surface area contributed by atoms with Gasteiger partial charge in [-0.2, -0.15) is 11.3 Å². The fraction of sp³-hybridized carbons (Fsp3) is 0.250. The van der Waals surface area contributed by atoms with Crippen molar-refractivity contribution >= 4 is 74.7 Å². The van der Waals surface area contributed by atoms with Crippen molar-refractivity contribution in [3.63, 3.8) is 0 Å². The Kier molecular flexibility index (Phi) is 11.3. The van der Waals surface area contributed by atoms with Crippen molar-refractivity contribution in [1.82, 2.24) is 29.9 Å². The molecule has 3 aromatic heterocycles. The van der Waals surface area contributed by atoms with Crippen molar-refractivity contribution in [3.8, 4) is 11.4 Å². The van der Waals surface area contributed by atoms with Gasteiger partial charge in [0.05, 0.1) is 6.61 Å². The highest BCUT2D eigenvalue weighted by atomic mass is 32.2. The minimum Gasteiger partial charge on any atom is -0.383 e. The number of thioether (sulfide) groups is 3. The molecule has 0 saturated heterocycles. The van der Waals surface area contributed by atoms with Crippen LogP contribution in [0.4, 0.5) is 15.8 Å². The number of alkyl halides is 1. The fourth-order valence-electron chi connectivity index (χ4n) is 4.82. The van der Waals surface area contributed by atoms with E-state index in [1.54, 1.807) is 31.0 Å². The van der Waals surface area contributed by atoms with Gasteiger partial charge >= 0.3 is 0 Å². The minimum absolute atomic E-state index is 0.0189. The zero-order valence-corrected chi connectivity index (χ0v) is 29.1. The Bertz CT molecular complexity index is 1870. The Hall–Kier alpha value is -3.96. The van der Waals surface area contributed by atoms with E-state index < -0.39 is 16.7 Å². The Labute approximate surface area is 292 Å². The topological polar surface area (TPSA) is 140 Å². The number of aromatic amines is 1. The van der Waals surface area contributed by atoms with Gasteiger partial charge in [-0.3, -0.25) is 14.7 Å². The first-order valence-corrected chi connectivity index (χ1v) is 18.6. The van der Waals surface area contributed by atoms with Crippen LogP contribution in [-0.2, 0) is 20.9 Å². The number of para-hydroxylation sites is 1. The number of hydrogen-bond donors (Lipinski definition) is 3. The van der Waals surface area contributed by atoms with Crippen molar-refractivity contribution in [2.75, 3.05) is 30.1 Å². The molecule has 0 radical (unpaired) electrons. The number of rotatable bonds is 14. The first-order chi connectivity index (χ1) is 23.4. The van der Waals surface area contributed by atoms with Crippen LogP contribution in [0.1, 0.15) is 24.2 Å². The first kappa shape index (κ1) is 33.9. The summed E-state index contributed by atoms with van der Waals surface area (Å²) in [7, 11) is 1.57. The second kappa shape index (κ2) is 16.0. The molecule has 248 valence electrons. The quantitative estimate of drug-likeness (QED) is 0.105. The molecule has 0 aliphatic carbocycles. The summed E-state index contributed by atoms with van der Waals surface area (Å²) in [6.07, 6.45) is 2.16. The molecule has 11 nitrogen and oxygen atoms in total. The number of nitrogens with one attached hydrogen (secondary N) is 3. The van der Waals surface area contributed by atoms with E-state index in [1.165, 1.54) is 23.1 Å². The highest BCUT2D eigenvalue weighted by Crippen LogP contribution is 2.42. The third-order valence-electron chi connectivity index (χ3n) is 7.18. The lowest BCUT2D eigenvalue weighted by Crippen LogP contribution is -2.29. The minimum atomic E-state index is -1.88. The van der Waals surface area contributed by atoms with Crippen LogP contribution in [0, 0.1) is 0 Å². The Morgan fingerprint density at radius 1 is 1.04 bits per heavy atom. The lowest BCUT2D eigenvalue weighted by molar-refractivity contribution is -0.118. The van der Waals surface area contributed by atoms with E-state index in [0.29, 0.717) is 35.0 Å². The van der Waals surface area contributed by atoms with Gasteiger partial charge in [0.25, 0.3) is 5.91 Å². The van der Waals surface area contributed by atoms with Crippen LogP contribution in [-0.4, -0.2) is 72.0 Å². The smallest absolute Gasteiger partial charge is 0.269 e. The molecule has 3 atom stereocenters. The largest absolute Gasteiger partial charge is 0.383 e. The number of H-pyrrole nitrogens is 1. The number of carbonyl (C=O) groups excluding carboxylic acids is 2. The number of benzene rings is 2. The van der Waals surface area contributed by atoms with E-state index in [2.05, 4.69) is 42.1 Å². The molecule has 0 fully saturated rings. The number of allylic oxidation sites excluding steroid dienone is 1. The molecule has 2 aromatic carbocycles. The molecule has 1 aliphatic heterocycles. The number of hydrogen-bond acceptors (Lipinski definition) is 11. The molecule has 6 rings (SSSR count). The average molecular weight is 723 g/mol. The highest BCUT2D eigenvalue weighted by Gasteiger charge is 2.29. The molecule has 0 bridgehead atoms. The number of anilines is 2. The van der Waals surface area contributed by atoms with Crippen molar-refractivity contribution < 1.29 is 18.7 Å². The second-order valence-corrected chi connectivity index (χ2v) is 14.5. The van der Waals surface area contributed by atoms with Crippen molar-refractivity contribution in [2.45, 2.75) is 40.5 Å². The molecular formula is C32H31FN8O3S4. The van der Waals surface area contributed by atoms with Crippen LogP contribution >= 0.6 is 46.6 Å². The van der Waals surface area contributed by atoms with Crippen LogP contribution in [0.2, 0.25) is 0 Å². The summed E-state index contributed by atoms with van der Waals surface area (Å²) < 4.78 is 22.2.